The summed E-state index contributed by atoms with van der Waals surface area (Å²) in [7, 11) is 0. The molecule has 0 amide bonds. The van der Waals surface area contributed by atoms with E-state index in [9.17, 15) is 5.11 Å². The van der Waals surface area contributed by atoms with Gasteiger partial charge in [0.05, 0.1) is 4.47 Å². The summed E-state index contributed by atoms with van der Waals surface area (Å²) in [5, 5.41) is 10.0. The van der Waals surface area contributed by atoms with Crippen molar-refractivity contribution in [3.63, 3.8) is 0 Å². The van der Waals surface area contributed by atoms with Crippen LogP contribution in [0.25, 0.3) is 0 Å². The second-order valence-electron chi connectivity index (χ2n) is 4.92. The summed E-state index contributed by atoms with van der Waals surface area (Å²) < 4.78 is 0.734. The molecule has 0 heterocycles. The molecule has 3 N–H and O–H groups in total. The Kier molecular flexibility index (Phi) is 2.36. The van der Waals surface area contributed by atoms with E-state index in [4.69, 9.17) is 5.73 Å². The average molecular weight is 270 g/mol. The summed E-state index contributed by atoms with van der Waals surface area (Å²) in [4.78, 5) is 0. The fraction of sp³-hybridized carbons (Fsp3) is 0.500. The Morgan fingerprint density at radius 1 is 1.40 bits per heavy atom. The second kappa shape index (κ2) is 3.22. The molecule has 0 aliphatic heterocycles. The van der Waals surface area contributed by atoms with Crippen molar-refractivity contribution in [1.29, 1.82) is 0 Å². The highest BCUT2D eigenvalue weighted by atomic mass is 79.9. The van der Waals surface area contributed by atoms with Gasteiger partial charge in [-0.1, -0.05) is 26.0 Å². The second-order valence-corrected chi connectivity index (χ2v) is 5.77. The minimum absolute atomic E-state index is 0.148. The SMILES string of the molecule is CC(C)(c1cccc(Br)c1O)C1(N)CC1. The fourth-order valence-corrected chi connectivity index (χ4v) is 2.41. The topological polar surface area (TPSA) is 46.2 Å². The van der Waals surface area contributed by atoms with Crippen LogP contribution in [-0.4, -0.2) is 10.6 Å². The molecule has 1 aromatic carbocycles. The van der Waals surface area contributed by atoms with Crippen molar-refractivity contribution in [2.75, 3.05) is 0 Å². The van der Waals surface area contributed by atoms with Gasteiger partial charge in [-0.15, -0.1) is 0 Å². The van der Waals surface area contributed by atoms with E-state index in [1.807, 2.05) is 18.2 Å². The Labute approximate surface area is 98.6 Å². The predicted octanol–water partition coefficient (Wildman–Crippen LogP) is 2.92. The Bertz CT molecular complexity index is 397. The van der Waals surface area contributed by atoms with E-state index in [2.05, 4.69) is 29.8 Å². The summed E-state index contributed by atoms with van der Waals surface area (Å²) in [6.45, 7) is 4.20. The molecule has 1 aliphatic carbocycles. The lowest BCUT2D eigenvalue weighted by molar-refractivity contribution is 0.366. The van der Waals surface area contributed by atoms with Crippen molar-refractivity contribution in [3.8, 4) is 5.75 Å². The standard InChI is InChI=1S/C12H16BrNO/c1-11(2,12(14)6-7-12)8-4-3-5-9(13)10(8)15/h3-5,15H,6-7,14H2,1-2H3. The van der Waals surface area contributed by atoms with Crippen LogP contribution in [0, 0.1) is 0 Å². The van der Waals surface area contributed by atoms with Crippen molar-refractivity contribution in [1.82, 2.24) is 0 Å². The zero-order valence-corrected chi connectivity index (χ0v) is 10.6. The van der Waals surface area contributed by atoms with Crippen LogP contribution in [0.4, 0.5) is 0 Å². The Hall–Kier alpha value is -0.540. The highest BCUT2D eigenvalue weighted by Crippen LogP contribution is 2.51. The maximum absolute atomic E-state index is 10.0. The molecule has 1 saturated carbocycles. The molecule has 1 fully saturated rings. The number of hydrogen-bond donors (Lipinski definition) is 2. The predicted molar refractivity (Wildman–Crippen MR) is 65.0 cm³/mol. The van der Waals surface area contributed by atoms with Crippen LogP contribution < -0.4 is 5.73 Å². The molecule has 0 spiro atoms. The lowest BCUT2D eigenvalue weighted by Gasteiger charge is -2.33. The summed E-state index contributed by atoms with van der Waals surface area (Å²) >= 11 is 3.33. The van der Waals surface area contributed by atoms with Crippen molar-refractivity contribution in [2.45, 2.75) is 37.6 Å². The summed E-state index contributed by atoms with van der Waals surface area (Å²) in [5.41, 5.74) is 6.85. The van der Waals surface area contributed by atoms with Crippen molar-refractivity contribution in [3.05, 3.63) is 28.2 Å². The molecule has 82 valence electrons. The third kappa shape index (κ3) is 1.58. The summed E-state index contributed by atoms with van der Waals surface area (Å²) in [5.74, 6) is 0.319. The van der Waals surface area contributed by atoms with Crippen LogP contribution >= 0.6 is 15.9 Å². The molecule has 2 rings (SSSR count). The fourth-order valence-electron chi connectivity index (χ4n) is 2.05. The molecule has 0 aromatic heterocycles. The number of phenolic OH excluding ortho intramolecular Hbond substituents is 1. The molecule has 0 radical (unpaired) electrons. The number of nitrogens with two attached hydrogens (primary N) is 1. The molecular weight excluding hydrogens is 254 g/mol. The number of phenols is 1. The minimum Gasteiger partial charge on any atom is -0.506 e. The first-order valence-electron chi connectivity index (χ1n) is 5.15. The molecule has 0 atom stereocenters. The lowest BCUT2D eigenvalue weighted by Crippen LogP contribution is -2.43. The quantitative estimate of drug-likeness (QED) is 0.868. The highest BCUT2D eigenvalue weighted by molar-refractivity contribution is 9.10. The number of rotatable bonds is 2. The summed E-state index contributed by atoms with van der Waals surface area (Å²) in [6, 6.07) is 5.73. The Morgan fingerprint density at radius 3 is 2.53 bits per heavy atom. The van der Waals surface area contributed by atoms with E-state index < -0.39 is 0 Å². The smallest absolute Gasteiger partial charge is 0.133 e. The number of halogens is 1. The highest BCUT2D eigenvalue weighted by Gasteiger charge is 2.52. The van der Waals surface area contributed by atoms with Gasteiger partial charge < -0.3 is 10.8 Å². The van der Waals surface area contributed by atoms with Gasteiger partial charge in [0.1, 0.15) is 5.75 Å². The van der Waals surface area contributed by atoms with Crippen LogP contribution in [0.2, 0.25) is 0 Å². The number of hydrogen-bond acceptors (Lipinski definition) is 2. The van der Waals surface area contributed by atoms with Gasteiger partial charge in [-0.2, -0.15) is 0 Å². The largest absolute Gasteiger partial charge is 0.506 e. The maximum atomic E-state index is 10.0. The van der Waals surface area contributed by atoms with Crippen LogP contribution in [0.1, 0.15) is 32.3 Å². The molecule has 0 unspecified atom stereocenters. The van der Waals surface area contributed by atoms with Crippen LogP contribution in [-0.2, 0) is 5.41 Å². The van der Waals surface area contributed by atoms with Gasteiger partial charge in [-0.3, -0.25) is 0 Å². The first kappa shape index (κ1) is 11.0. The molecular formula is C12H16BrNO. The van der Waals surface area contributed by atoms with Crippen molar-refractivity contribution >= 4 is 15.9 Å². The Balaban J connectivity index is 2.49. The molecule has 15 heavy (non-hydrogen) atoms. The van der Waals surface area contributed by atoms with E-state index in [0.29, 0.717) is 5.75 Å². The molecule has 1 aromatic rings. The zero-order chi connectivity index (χ0) is 11.3. The van der Waals surface area contributed by atoms with Crippen LogP contribution in [0.15, 0.2) is 22.7 Å². The normalized spacial score (nSPS) is 18.9. The van der Waals surface area contributed by atoms with Gasteiger partial charge in [-0.25, -0.2) is 0 Å². The lowest BCUT2D eigenvalue weighted by atomic mass is 9.75. The van der Waals surface area contributed by atoms with E-state index >= 15 is 0 Å². The van der Waals surface area contributed by atoms with Gasteiger partial charge in [0.15, 0.2) is 0 Å². The number of benzene rings is 1. The monoisotopic (exact) mass is 269 g/mol. The molecule has 2 nitrogen and oxygen atoms in total. The van der Waals surface area contributed by atoms with E-state index in [1.165, 1.54) is 0 Å². The molecule has 0 saturated heterocycles. The number of aromatic hydroxyl groups is 1. The minimum atomic E-state index is -0.180. The van der Waals surface area contributed by atoms with Gasteiger partial charge in [0.2, 0.25) is 0 Å². The van der Waals surface area contributed by atoms with Crippen LogP contribution in [0.3, 0.4) is 0 Å². The van der Waals surface area contributed by atoms with E-state index in [1.54, 1.807) is 0 Å². The van der Waals surface area contributed by atoms with Gasteiger partial charge in [0.25, 0.3) is 0 Å². The van der Waals surface area contributed by atoms with Gasteiger partial charge in [0, 0.05) is 16.5 Å². The average Bonchev–Trinajstić information content (AvgIpc) is 2.90. The zero-order valence-electron chi connectivity index (χ0n) is 9.05. The first-order valence-corrected chi connectivity index (χ1v) is 5.95. The van der Waals surface area contributed by atoms with Crippen LogP contribution in [0.5, 0.6) is 5.75 Å². The molecule has 1 aliphatic rings. The maximum Gasteiger partial charge on any atom is 0.133 e. The van der Waals surface area contributed by atoms with E-state index in [0.717, 1.165) is 22.9 Å². The molecule has 3 heteroatoms. The first-order chi connectivity index (χ1) is 6.88. The molecule has 0 bridgehead atoms. The third-order valence-corrected chi connectivity index (χ3v) is 4.33. The third-order valence-electron chi connectivity index (χ3n) is 3.69. The Morgan fingerprint density at radius 2 is 2.00 bits per heavy atom. The van der Waals surface area contributed by atoms with Crippen molar-refractivity contribution in [2.24, 2.45) is 5.73 Å². The van der Waals surface area contributed by atoms with Gasteiger partial charge in [-0.05, 0) is 34.8 Å². The van der Waals surface area contributed by atoms with Crippen molar-refractivity contribution < 1.29 is 5.11 Å². The van der Waals surface area contributed by atoms with Gasteiger partial charge >= 0.3 is 0 Å². The number of para-hydroxylation sites is 1. The summed E-state index contributed by atoms with van der Waals surface area (Å²) in [6.07, 6.45) is 2.07. The van der Waals surface area contributed by atoms with E-state index in [-0.39, 0.29) is 11.0 Å².